The molecule has 1 aromatic carbocycles. The molecule has 4 heteroatoms. The van der Waals surface area contributed by atoms with Gasteiger partial charge in [-0.1, -0.05) is 19.1 Å². The van der Waals surface area contributed by atoms with Crippen molar-refractivity contribution in [2.24, 2.45) is 5.73 Å². The van der Waals surface area contributed by atoms with Gasteiger partial charge >= 0.3 is 0 Å². The second-order valence-electron chi connectivity index (χ2n) is 3.20. The minimum Gasteiger partial charge on any atom is -0.495 e. The van der Waals surface area contributed by atoms with Crippen molar-refractivity contribution in [3.05, 3.63) is 24.3 Å². The first kappa shape index (κ1) is 11.5. The van der Waals surface area contributed by atoms with Crippen molar-refractivity contribution in [3.8, 4) is 5.75 Å². The molecule has 0 fully saturated rings. The fourth-order valence-electron chi connectivity index (χ4n) is 1.16. The zero-order valence-electron chi connectivity index (χ0n) is 8.99. The first-order chi connectivity index (χ1) is 7.19. The molecule has 0 saturated carbocycles. The van der Waals surface area contributed by atoms with E-state index in [-0.39, 0.29) is 5.91 Å². The molecule has 0 saturated heterocycles. The summed E-state index contributed by atoms with van der Waals surface area (Å²) in [4.78, 5) is 11.5. The zero-order chi connectivity index (χ0) is 11.3. The molecule has 4 nitrogen and oxygen atoms in total. The lowest BCUT2D eigenvalue weighted by Gasteiger charge is -2.12. The van der Waals surface area contributed by atoms with Gasteiger partial charge in [0.2, 0.25) is 5.91 Å². The Hall–Kier alpha value is -1.55. The van der Waals surface area contributed by atoms with Gasteiger partial charge in [-0.2, -0.15) is 0 Å². The third-order valence-electron chi connectivity index (χ3n) is 2.14. The molecule has 1 aromatic rings. The first-order valence-corrected chi connectivity index (χ1v) is 4.88. The molecular weight excluding hydrogens is 192 g/mol. The maximum absolute atomic E-state index is 11.5. The van der Waals surface area contributed by atoms with Gasteiger partial charge in [0, 0.05) is 0 Å². The number of nitrogens with two attached hydrogens (primary N) is 1. The van der Waals surface area contributed by atoms with Crippen LogP contribution in [0, 0.1) is 0 Å². The van der Waals surface area contributed by atoms with Crippen LogP contribution < -0.4 is 15.8 Å². The second kappa shape index (κ2) is 5.36. The van der Waals surface area contributed by atoms with Crippen molar-refractivity contribution in [3.63, 3.8) is 0 Å². The van der Waals surface area contributed by atoms with Gasteiger partial charge in [0.1, 0.15) is 5.75 Å². The highest BCUT2D eigenvalue weighted by Crippen LogP contribution is 2.22. The van der Waals surface area contributed by atoms with Crippen molar-refractivity contribution in [1.82, 2.24) is 0 Å². The molecule has 3 N–H and O–H groups in total. The van der Waals surface area contributed by atoms with E-state index in [0.717, 1.165) is 0 Å². The SMILES string of the molecule is CCC(N)C(=O)Nc1ccccc1OC. The molecule has 0 heterocycles. The number of rotatable bonds is 4. The molecule has 0 spiro atoms. The summed E-state index contributed by atoms with van der Waals surface area (Å²) < 4.78 is 5.10. The molecule has 1 amide bonds. The highest BCUT2D eigenvalue weighted by atomic mass is 16.5. The number of amides is 1. The van der Waals surface area contributed by atoms with Crippen molar-refractivity contribution in [2.75, 3.05) is 12.4 Å². The van der Waals surface area contributed by atoms with Crippen molar-refractivity contribution >= 4 is 11.6 Å². The van der Waals surface area contributed by atoms with Crippen LogP contribution in [0.4, 0.5) is 5.69 Å². The van der Waals surface area contributed by atoms with Crippen LogP contribution in [-0.2, 0) is 4.79 Å². The maximum atomic E-state index is 11.5. The van der Waals surface area contributed by atoms with E-state index in [2.05, 4.69) is 5.32 Å². The third-order valence-corrected chi connectivity index (χ3v) is 2.14. The van der Waals surface area contributed by atoms with Gasteiger partial charge in [0.15, 0.2) is 0 Å². The Labute approximate surface area is 89.4 Å². The number of para-hydroxylation sites is 2. The Kier molecular flexibility index (Phi) is 4.12. The van der Waals surface area contributed by atoms with E-state index in [1.807, 2.05) is 19.1 Å². The molecule has 0 aliphatic rings. The first-order valence-electron chi connectivity index (χ1n) is 4.88. The van der Waals surface area contributed by atoms with E-state index in [4.69, 9.17) is 10.5 Å². The number of carbonyl (C=O) groups excluding carboxylic acids is 1. The Morgan fingerprint density at radius 1 is 1.53 bits per heavy atom. The van der Waals surface area contributed by atoms with E-state index >= 15 is 0 Å². The molecule has 1 rings (SSSR count). The molecule has 1 unspecified atom stereocenters. The summed E-state index contributed by atoms with van der Waals surface area (Å²) in [6, 6.07) is 6.76. The average Bonchev–Trinajstić information content (AvgIpc) is 2.28. The van der Waals surface area contributed by atoms with Crippen LogP contribution in [0.5, 0.6) is 5.75 Å². The van der Waals surface area contributed by atoms with Crippen LogP contribution in [0.15, 0.2) is 24.3 Å². The summed E-state index contributed by atoms with van der Waals surface area (Å²) >= 11 is 0. The Bertz CT molecular complexity index is 339. The second-order valence-corrected chi connectivity index (χ2v) is 3.20. The number of ether oxygens (including phenoxy) is 1. The van der Waals surface area contributed by atoms with Gasteiger partial charge in [-0.05, 0) is 18.6 Å². The van der Waals surface area contributed by atoms with E-state index in [0.29, 0.717) is 17.9 Å². The molecule has 15 heavy (non-hydrogen) atoms. The molecule has 0 aromatic heterocycles. The topological polar surface area (TPSA) is 64.4 Å². The number of benzene rings is 1. The van der Waals surface area contributed by atoms with Crippen LogP contribution in [0.2, 0.25) is 0 Å². The Morgan fingerprint density at radius 2 is 2.20 bits per heavy atom. The standard InChI is InChI=1S/C11H16N2O2/c1-3-8(12)11(14)13-9-6-4-5-7-10(9)15-2/h4-8H,3,12H2,1-2H3,(H,13,14). The largest absolute Gasteiger partial charge is 0.495 e. The van der Waals surface area contributed by atoms with Gasteiger partial charge in [-0.25, -0.2) is 0 Å². The third kappa shape index (κ3) is 2.95. The number of hydrogen-bond donors (Lipinski definition) is 2. The minimum atomic E-state index is -0.477. The predicted octanol–water partition coefficient (Wildman–Crippen LogP) is 1.37. The Balaban J connectivity index is 2.76. The van der Waals surface area contributed by atoms with Gasteiger partial charge in [0.05, 0.1) is 18.8 Å². The van der Waals surface area contributed by atoms with Gasteiger partial charge in [-0.3, -0.25) is 4.79 Å². The molecule has 0 aliphatic heterocycles. The summed E-state index contributed by atoms with van der Waals surface area (Å²) in [5.41, 5.74) is 6.25. The summed E-state index contributed by atoms with van der Waals surface area (Å²) in [7, 11) is 1.56. The van der Waals surface area contributed by atoms with Crippen LogP contribution >= 0.6 is 0 Å². The summed E-state index contributed by atoms with van der Waals surface area (Å²) in [5.74, 6) is 0.441. The van der Waals surface area contributed by atoms with Gasteiger partial charge in [-0.15, -0.1) is 0 Å². The number of anilines is 1. The lowest BCUT2D eigenvalue weighted by atomic mass is 10.2. The van der Waals surface area contributed by atoms with Crippen LogP contribution in [0.3, 0.4) is 0 Å². The van der Waals surface area contributed by atoms with E-state index in [1.54, 1.807) is 19.2 Å². The van der Waals surface area contributed by atoms with Crippen LogP contribution in [0.1, 0.15) is 13.3 Å². The van der Waals surface area contributed by atoms with Crippen molar-refractivity contribution < 1.29 is 9.53 Å². The fourth-order valence-corrected chi connectivity index (χ4v) is 1.16. The lowest BCUT2D eigenvalue weighted by Crippen LogP contribution is -2.34. The smallest absolute Gasteiger partial charge is 0.241 e. The summed E-state index contributed by atoms with van der Waals surface area (Å²) in [6.45, 7) is 1.87. The zero-order valence-corrected chi connectivity index (χ0v) is 8.99. The fraction of sp³-hybridized carbons (Fsp3) is 0.364. The molecular formula is C11H16N2O2. The minimum absolute atomic E-state index is 0.193. The van der Waals surface area contributed by atoms with Crippen LogP contribution in [-0.4, -0.2) is 19.1 Å². The molecule has 1 atom stereocenters. The number of nitrogens with one attached hydrogen (secondary N) is 1. The molecule has 0 aliphatic carbocycles. The lowest BCUT2D eigenvalue weighted by molar-refractivity contribution is -0.117. The Morgan fingerprint density at radius 3 is 2.80 bits per heavy atom. The summed E-state index contributed by atoms with van der Waals surface area (Å²) in [6.07, 6.45) is 0.612. The quantitative estimate of drug-likeness (QED) is 0.785. The predicted molar refractivity (Wildman–Crippen MR) is 59.9 cm³/mol. The van der Waals surface area contributed by atoms with Gasteiger partial charge < -0.3 is 15.8 Å². The summed E-state index contributed by atoms with van der Waals surface area (Å²) in [5, 5.41) is 2.72. The maximum Gasteiger partial charge on any atom is 0.241 e. The number of carbonyl (C=O) groups is 1. The highest BCUT2D eigenvalue weighted by molar-refractivity contribution is 5.95. The average molecular weight is 208 g/mol. The number of hydrogen-bond acceptors (Lipinski definition) is 3. The van der Waals surface area contributed by atoms with E-state index < -0.39 is 6.04 Å². The van der Waals surface area contributed by atoms with Crippen molar-refractivity contribution in [1.29, 1.82) is 0 Å². The molecule has 82 valence electrons. The van der Waals surface area contributed by atoms with Gasteiger partial charge in [0.25, 0.3) is 0 Å². The van der Waals surface area contributed by atoms with E-state index in [1.165, 1.54) is 0 Å². The number of methoxy groups -OCH3 is 1. The monoisotopic (exact) mass is 208 g/mol. The van der Waals surface area contributed by atoms with Crippen LogP contribution in [0.25, 0.3) is 0 Å². The molecule has 0 bridgehead atoms. The van der Waals surface area contributed by atoms with Crippen molar-refractivity contribution in [2.45, 2.75) is 19.4 Å². The molecule has 0 radical (unpaired) electrons. The normalized spacial score (nSPS) is 11.9. The highest BCUT2D eigenvalue weighted by Gasteiger charge is 2.12. The van der Waals surface area contributed by atoms with E-state index in [9.17, 15) is 4.79 Å².